The van der Waals surface area contributed by atoms with Gasteiger partial charge in [0.1, 0.15) is 0 Å². The third kappa shape index (κ3) is 12.4. The Morgan fingerprint density at radius 1 is 0.846 bits per heavy atom. The van der Waals surface area contributed by atoms with Crippen molar-refractivity contribution in [3.05, 3.63) is 118 Å². The van der Waals surface area contributed by atoms with Crippen LogP contribution in [0.15, 0.2) is 96.2 Å². The largest absolute Gasteiger partial charge is 0.479 e. The number of aliphatic carboxylic acids is 1. The highest BCUT2D eigenvalue weighted by Gasteiger charge is 2.49. The summed E-state index contributed by atoms with van der Waals surface area (Å²) in [7, 11) is -3.97. The molecule has 7 nitrogen and oxygen atoms in total. The van der Waals surface area contributed by atoms with Crippen molar-refractivity contribution < 1.29 is 28.7 Å². The summed E-state index contributed by atoms with van der Waals surface area (Å²) in [6.45, 7) is 17.7. The number of ether oxygens (including phenoxy) is 1. The van der Waals surface area contributed by atoms with Gasteiger partial charge in [-0.1, -0.05) is 142 Å². The van der Waals surface area contributed by atoms with Crippen LogP contribution in [-0.4, -0.2) is 59.0 Å². The van der Waals surface area contributed by atoms with E-state index in [2.05, 4.69) is 106 Å². The molecule has 0 radical (unpaired) electrons. The summed E-state index contributed by atoms with van der Waals surface area (Å²) in [5, 5.41) is 16.1. The number of carboxylic acid groups (broad SMARTS) is 1. The highest BCUT2D eigenvalue weighted by molar-refractivity contribution is 6.99. The van der Waals surface area contributed by atoms with Crippen LogP contribution in [0.2, 0.25) is 35.7 Å². The van der Waals surface area contributed by atoms with Gasteiger partial charge < -0.3 is 19.1 Å². The van der Waals surface area contributed by atoms with Gasteiger partial charge in [-0.2, -0.15) is 0 Å². The van der Waals surface area contributed by atoms with Gasteiger partial charge in [-0.25, -0.2) is 9.59 Å². The van der Waals surface area contributed by atoms with E-state index in [1.807, 2.05) is 38.1 Å². The first-order valence-electron chi connectivity index (χ1n) is 18.0. The Morgan fingerprint density at radius 2 is 1.42 bits per heavy atom. The van der Waals surface area contributed by atoms with Gasteiger partial charge in [0.05, 0.1) is 17.9 Å². The number of allylic oxidation sites excluding steroid dienone is 3. The van der Waals surface area contributed by atoms with Crippen molar-refractivity contribution in [2.45, 2.75) is 91.0 Å². The fourth-order valence-electron chi connectivity index (χ4n) is 6.18. The fraction of sp³-hybridized carbons (Fsp3) is 0.405. The van der Waals surface area contributed by atoms with Gasteiger partial charge in [-0.05, 0) is 77.3 Å². The molecule has 0 saturated heterocycles. The number of oxime groups is 1. The number of aryl methyl sites for hydroxylation is 2. The lowest BCUT2D eigenvalue weighted by atomic mass is 9.94. The molecule has 0 aliphatic heterocycles. The lowest BCUT2D eigenvalue weighted by Crippen LogP contribution is -2.66. The Labute approximate surface area is 317 Å². The predicted molar refractivity (Wildman–Crippen MR) is 220 cm³/mol. The van der Waals surface area contributed by atoms with E-state index in [-0.39, 0.29) is 11.5 Å². The average molecular weight is 763 g/mol. The van der Waals surface area contributed by atoms with Crippen molar-refractivity contribution in [3.63, 3.8) is 0 Å². The number of esters is 1. The first-order valence-corrected chi connectivity index (χ1v) is 24.0. The minimum atomic E-state index is -2.57. The molecule has 0 spiro atoms. The number of carbonyl (C=O) groups is 2. The van der Waals surface area contributed by atoms with E-state index in [9.17, 15) is 9.59 Å². The number of hydrogen-bond donors (Lipinski definition) is 1. The summed E-state index contributed by atoms with van der Waals surface area (Å²) >= 11 is 6.78. The molecule has 0 atom stereocenters. The zero-order valence-electron chi connectivity index (χ0n) is 32.1. The zero-order chi connectivity index (χ0) is 38.4. The smallest absolute Gasteiger partial charge is 0.344 e. The second-order valence-electron chi connectivity index (χ2n) is 15.3. The lowest BCUT2D eigenvalue weighted by molar-refractivity contribution is -0.142. The first kappa shape index (κ1) is 42.6. The number of halogens is 1. The van der Waals surface area contributed by atoms with E-state index in [1.165, 1.54) is 10.4 Å². The number of rotatable bonds is 19. The molecule has 3 rings (SSSR count). The number of carboxylic acids is 1. The van der Waals surface area contributed by atoms with Crippen molar-refractivity contribution in [1.29, 1.82) is 0 Å². The maximum Gasteiger partial charge on any atom is 0.344 e. The van der Waals surface area contributed by atoms with E-state index < -0.39 is 34.9 Å². The van der Waals surface area contributed by atoms with Crippen LogP contribution >= 0.6 is 11.6 Å². The molecule has 0 aliphatic carbocycles. The van der Waals surface area contributed by atoms with Gasteiger partial charge in [-0.15, -0.1) is 0 Å². The van der Waals surface area contributed by atoms with Gasteiger partial charge in [-0.3, -0.25) is 0 Å². The third-order valence-corrected chi connectivity index (χ3v) is 16.0. The SMILES string of the molecule is Cc1cc(C)c(C(=O)OCC[Si](C)(C)C)c(CC(/C=C/CC/C=C/CCO[Si](c2ccccc2)(c2ccccc2)C(C)(C)C)=NOCC(=O)O)c1Cl. The average Bonchev–Trinajstić information content (AvgIpc) is 3.07. The zero-order valence-corrected chi connectivity index (χ0v) is 34.9. The van der Waals surface area contributed by atoms with Crippen molar-refractivity contribution in [2.75, 3.05) is 19.8 Å². The van der Waals surface area contributed by atoms with Gasteiger partial charge >= 0.3 is 11.9 Å². The van der Waals surface area contributed by atoms with Gasteiger partial charge in [0.2, 0.25) is 6.61 Å². The molecule has 3 aromatic rings. The Balaban J connectivity index is 1.70. The van der Waals surface area contributed by atoms with Crippen molar-refractivity contribution in [1.82, 2.24) is 0 Å². The molecule has 0 aromatic heterocycles. The Kier molecular flexibility index (Phi) is 16.3. The summed E-state index contributed by atoms with van der Waals surface area (Å²) in [6.07, 6.45) is 10.5. The molecule has 0 bridgehead atoms. The van der Waals surface area contributed by atoms with Crippen molar-refractivity contribution >= 4 is 56.0 Å². The number of hydrogen-bond acceptors (Lipinski definition) is 6. The molecule has 52 heavy (non-hydrogen) atoms. The molecule has 0 fully saturated rings. The molecule has 0 amide bonds. The van der Waals surface area contributed by atoms with Gasteiger partial charge in [0, 0.05) is 26.1 Å². The van der Waals surface area contributed by atoms with Crippen molar-refractivity contribution in [3.8, 4) is 0 Å². The van der Waals surface area contributed by atoms with Crippen LogP contribution in [0.5, 0.6) is 0 Å². The number of nitrogens with zero attached hydrogens (tertiary/aromatic N) is 1. The third-order valence-electron chi connectivity index (χ3n) is 8.75. The molecule has 10 heteroatoms. The molecule has 1 N–H and O–H groups in total. The minimum absolute atomic E-state index is 0.0756. The highest BCUT2D eigenvalue weighted by Crippen LogP contribution is 2.37. The van der Waals surface area contributed by atoms with E-state index >= 15 is 0 Å². The van der Waals surface area contributed by atoms with E-state index in [4.69, 9.17) is 30.7 Å². The topological polar surface area (TPSA) is 94.4 Å². The van der Waals surface area contributed by atoms with Crippen LogP contribution in [0, 0.1) is 13.8 Å². The second kappa shape index (κ2) is 19.9. The summed E-state index contributed by atoms with van der Waals surface area (Å²) in [6, 6.07) is 24.0. The summed E-state index contributed by atoms with van der Waals surface area (Å²) in [4.78, 5) is 29.6. The summed E-state index contributed by atoms with van der Waals surface area (Å²) < 4.78 is 12.7. The Bertz CT molecular complexity index is 1670. The highest BCUT2D eigenvalue weighted by atomic mass is 35.5. The number of carbonyl (C=O) groups excluding carboxylic acids is 1. The monoisotopic (exact) mass is 761 g/mol. The van der Waals surface area contributed by atoms with Gasteiger partial charge in [0.25, 0.3) is 8.32 Å². The Hall–Kier alpha value is -3.77. The standard InChI is InChI=1S/C42H56ClNO6Si2/c1-32-29-33(2)40(43)37(39(32)41(47)48-27-28-51(6,7)8)30-34(44-49-31-38(45)46)21-15-11-9-10-12-20-26-50-52(42(3,4)5,35-22-16-13-17-23-35)36-24-18-14-19-25-36/h10,12-19,21-25,29H,9,11,20,26-28,30-31H2,1-8H3,(H,45,46)/b12-10+,21-15+,44-34?. The van der Waals surface area contributed by atoms with Crippen LogP contribution in [-0.2, 0) is 25.2 Å². The number of unbranched alkanes of at least 4 members (excludes halogenated alkanes) is 1. The summed E-state index contributed by atoms with van der Waals surface area (Å²) in [5.41, 5.74) is 3.03. The molecule has 280 valence electrons. The van der Waals surface area contributed by atoms with Crippen LogP contribution in [0.3, 0.4) is 0 Å². The van der Waals surface area contributed by atoms with Crippen molar-refractivity contribution in [2.24, 2.45) is 5.16 Å². The molecule has 0 saturated carbocycles. The van der Waals surface area contributed by atoms with E-state index in [1.54, 1.807) is 6.08 Å². The second-order valence-corrected chi connectivity index (χ2v) is 25.6. The maximum atomic E-state index is 13.3. The molecule has 0 heterocycles. The first-order chi connectivity index (χ1) is 24.6. The molecule has 3 aromatic carbocycles. The normalized spacial score (nSPS) is 12.8. The minimum Gasteiger partial charge on any atom is -0.479 e. The summed E-state index contributed by atoms with van der Waals surface area (Å²) in [5.74, 6) is -1.56. The predicted octanol–water partition coefficient (Wildman–Crippen LogP) is 9.31. The molecular weight excluding hydrogens is 706 g/mol. The molecular formula is C42H56ClNO6Si2. The number of benzene rings is 3. The van der Waals surface area contributed by atoms with Gasteiger partial charge in [0.15, 0.2) is 0 Å². The van der Waals surface area contributed by atoms with E-state index in [0.29, 0.717) is 35.1 Å². The van der Waals surface area contributed by atoms with Crippen LogP contribution in [0.25, 0.3) is 0 Å². The van der Waals surface area contributed by atoms with E-state index in [0.717, 1.165) is 36.4 Å². The van der Waals surface area contributed by atoms with Crippen LogP contribution in [0.4, 0.5) is 0 Å². The lowest BCUT2D eigenvalue weighted by Gasteiger charge is -2.43. The molecule has 0 aliphatic rings. The van der Waals surface area contributed by atoms with Crippen LogP contribution < -0.4 is 10.4 Å². The molecule has 0 unspecified atom stereocenters. The fourth-order valence-corrected chi connectivity index (χ4v) is 11.7. The Morgan fingerprint density at radius 3 is 1.98 bits per heavy atom. The maximum absolute atomic E-state index is 13.3. The van der Waals surface area contributed by atoms with Crippen LogP contribution in [0.1, 0.15) is 67.1 Å². The quantitative estimate of drug-likeness (QED) is 0.0327.